The zero-order valence-electron chi connectivity index (χ0n) is 13.8. The fourth-order valence-corrected chi connectivity index (χ4v) is 3.57. The van der Waals surface area contributed by atoms with E-state index in [0.29, 0.717) is 36.2 Å². The number of carbonyl (C=O) groups is 1. The van der Waals surface area contributed by atoms with Gasteiger partial charge in [0.05, 0.1) is 12.2 Å². The van der Waals surface area contributed by atoms with Gasteiger partial charge in [0, 0.05) is 12.5 Å². The predicted octanol–water partition coefficient (Wildman–Crippen LogP) is 2.97. The number of ether oxygens (including phenoxy) is 1. The molecule has 0 saturated carbocycles. The topological polar surface area (TPSA) is 41.6 Å². The average Bonchev–Trinajstić information content (AvgIpc) is 2.54. The van der Waals surface area contributed by atoms with Gasteiger partial charge in [0.15, 0.2) is 0 Å². The number of carbonyl (C=O) groups excluding carboxylic acids is 1. The van der Waals surface area contributed by atoms with Crippen molar-refractivity contribution in [2.45, 2.75) is 39.2 Å². The highest BCUT2D eigenvalue weighted by Gasteiger charge is 2.30. The van der Waals surface area contributed by atoms with Crippen LogP contribution in [0.25, 0.3) is 0 Å². The summed E-state index contributed by atoms with van der Waals surface area (Å²) in [6.07, 6.45) is 2.76. The Kier molecular flexibility index (Phi) is 4.85. The number of rotatable bonds is 3. The Morgan fingerprint density at radius 3 is 3.09 bits per heavy atom. The van der Waals surface area contributed by atoms with Gasteiger partial charge in [-0.1, -0.05) is 6.92 Å². The maximum absolute atomic E-state index is 13.4. The van der Waals surface area contributed by atoms with E-state index in [0.717, 1.165) is 13.1 Å². The van der Waals surface area contributed by atoms with Crippen LogP contribution in [-0.4, -0.2) is 31.6 Å². The number of hydrogen-bond donors (Lipinski definition) is 1. The Labute approximate surface area is 137 Å². The molecule has 0 aliphatic carbocycles. The van der Waals surface area contributed by atoms with Gasteiger partial charge in [-0.15, -0.1) is 0 Å². The largest absolute Gasteiger partial charge is 0.487 e. The molecule has 0 spiro atoms. The molecule has 126 valence electrons. The van der Waals surface area contributed by atoms with Crippen molar-refractivity contribution < 1.29 is 13.9 Å². The van der Waals surface area contributed by atoms with E-state index in [9.17, 15) is 9.18 Å². The minimum Gasteiger partial charge on any atom is -0.487 e. The third-order valence-corrected chi connectivity index (χ3v) is 4.92. The lowest BCUT2D eigenvalue weighted by Crippen LogP contribution is -2.43. The second kappa shape index (κ2) is 6.87. The van der Waals surface area contributed by atoms with E-state index in [-0.39, 0.29) is 17.8 Å². The summed E-state index contributed by atoms with van der Waals surface area (Å²) in [6, 6.07) is 4.38. The molecule has 5 heteroatoms. The van der Waals surface area contributed by atoms with Gasteiger partial charge in [0.25, 0.3) is 0 Å². The highest BCUT2D eigenvalue weighted by molar-refractivity contribution is 5.95. The van der Waals surface area contributed by atoms with Crippen molar-refractivity contribution >= 4 is 11.6 Å². The first-order valence-electron chi connectivity index (χ1n) is 8.52. The second-order valence-corrected chi connectivity index (χ2v) is 6.83. The number of fused-ring (bicyclic) bond motifs is 1. The van der Waals surface area contributed by atoms with Crippen LogP contribution in [0.4, 0.5) is 10.1 Å². The van der Waals surface area contributed by atoms with Crippen LogP contribution in [0.1, 0.15) is 33.1 Å². The summed E-state index contributed by atoms with van der Waals surface area (Å²) in [7, 11) is 0. The maximum Gasteiger partial charge on any atom is 0.227 e. The van der Waals surface area contributed by atoms with Gasteiger partial charge in [-0.25, -0.2) is 4.39 Å². The van der Waals surface area contributed by atoms with Crippen LogP contribution in [0.2, 0.25) is 0 Å². The number of amides is 1. The Hall–Kier alpha value is -1.62. The molecule has 0 bridgehead atoms. The summed E-state index contributed by atoms with van der Waals surface area (Å²) in [5.74, 6) is 1.12. The number of piperidine rings is 1. The van der Waals surface area contributed by atoms with Crippen molar-refractivity contribution in [1.82, 2.24) is 5.32 Å². The number of hydrogen-bond acceptors (Lipinski definition) is 3. The lowest BCUT2D eigenvalue weighted by Gasteiger charge is -2.35. The van der Waals surface area contributed by atoms with E-state index in [4.69, 9.17) is 4.74 Å². The van der Waals surface area contributed by atoms with Crippen molar-refractivity contribution in [3.63, 3.8) is 0 Å². The van der Waals surface area contributed by atoms with Crippen molar-refractivity contribution in [2.75, 3.05) is 24.5 Å². The third-order valence-electron chi connectivity index (χ3n) is 4.92. The van der Waals surface area contributed by atoms with Crippen LogP contribution in [-0.2, 0) is 4.79 Å². The summed E-state index contributed by atoms with van der Waals surface area (Å²) in [5.41, 5.74) is 0.684. The Morgan fingerprint density at radius 2 is 2.35 bits per heavy atom. The molecule has 4 nitrogen and oxygen atoms in total. The van der Waals surface area contributed by atoms with Crippen molar-refractivity contribution in [1.29, 1.82) is 0 Å². The molecule has 1 N–H and O–H groups in total. The quantitative estimate of drug-likeness (QED) is 0.931. The standard InChI is InChI=1S/C18H25FN2O2/c1-12(14-4-3-7-20-10-14)8-18(22)21-11-13(2)23-17-9-15(19)5-6-16(17)21/h5-6,9,12-14,20H,3-4,7-8,10-11H2,1-2H3. The Morgan fingerprint density at radius 1 is 1.52 bits per heavy atom. The van der Waals surface area contributed by atoms with Crippen LogP contribution in [0, 0.1) is 17.7 Å². The zero-order chi connectivity index (χ0) is 16.4. The van der Waals surface area contributed by atoms with Gasteiger partial charge >= 0.3 is 0 Å². The first-order chi connectivity index (χ1) is 11.0. The molecule has 1 aromatic rings. The normalized spacial score (nSPS) is 25.4. The SMILES string of the molecule is CC1CN(C(=O)CC(C)C2CCCNC2)c2ccc(F)cc2O1. The molecule has 1 amide bonds. The average molecular weight is 320 g/mol. The van der Waals surface area contributed by atoms with Gasteiger partial charge in [0.2, 0.25) is 5.91 Å². The number of nitrogens with one attached hydrogen (secondary N) is 1. The molecule has 1 aromatic carbocycles. The minimum absolute atomic E-state index is 0.103. The summed E-state index contributed by atoms with van der Waals surface area (Å²) in [5, 5.41) is 3.41. The van der Waals surface area contributed by atoms with Crippen molar-refractivity contribution in [2.24, 2.45) is 11.8 Å². The van der Waals surface area contributed by atoms with E-state index in [1.54, 1.807) is 11.0 Å². The molecule has 23 heavy (non-hydrogen) atoms. The van der Waals surface area contributed by atoms with Crippen molar-refractivity contribution in [3.05, 3.63) is 24.0 Å². The summed E-state index contributed by atoms with van der Waals surface area (Å²) >= 11 is 0. The van der Waals surface area contributed by atoms with Crippen LogP contribution in [0.5, 0.6) is 5.75 Å². The number of benzene rings is 1. The molecular formula is C18H25FN2O2. The molecule has 3 rings (SSSR count). The first kappa shape index (κ1) is 16.2. The van der Waals surface area contributed by atoms with Gasteiger partial charge in [0.1, 0.15) is 17.7 Å². The van der Waals surface area contributed by atoms with Crippen LogP contribution >= 0.6 is 0 Å². The van der Waals surface area contributed by atoms with Gasteiger partial charge in [-0.3, -0.25) is 4.79 Å². The molecule has 3 unspecified atom stereocenters. The monoisotopic (exact) mass is 320 g/mol. The molecule has 2 aliphatic rings. The highest BCUT2D eigenvalue weighted by Crippen LogP contribution is 2.35. The van der Waals surface area contributed by atoms with E-state index < -0.39 is 0 Å². The fraction of sp³-hybridized carbons (Fsp3) is 0.611. The van der Waals surface area contributed by atoms with E-state index in [1.165, 1.54) is 25.0 Å². The molecule has 3 atom stereocenters. The lowest BCUT2D eigenvalue weighted by molar-refractivity contribution is -0.120. The number of anilines is 1. The summed E-state index contributed by atoms with van der Waals surface area (Å²) in [6.45, 7) is 6.66. The van der Waals surface area contributed by atoms with Gasteiger partial charge in [-0.2, -0.15) is 0 Å². The molecule has 1 saturated heterocycles. The summed E-state index contributed by atoms with van der Waals surface area (Å²) in [4.78, 5) is 14.6. The maximum atomic E-state index is 13.4. The molecule has 1 fully saturated rings. The number of nitrogens with zero attached hydrogens (tertiary/aromatic N) is 1. The Balaban J connectivity index is 1.72. The highest BCUT2D eigenvalue weighted by atomic mass is 19.1. The fourth-order valence-electron chi connectivity index (χ4n) is 3.57. The Bertz CT molecular complexity index is 572. The molecule has 0 radical (unpaired) electrons. The zero-order valence-corrected chi connectivity index (χ0v) is 13.8. The smallest absolute Gasteiger partial charge is 0.227 e. The van der Waals surface area contributed by atoms with E-state index >= 15 is 0 Å². The molecule has 2 aliphatic heterocycles. The van der Waals surface area contributed by atoms with Crippen LogP contribution < -0.4 is 15.0 Å². The minimum atomic E-state index is -0.341. The van der Waals surface area contributed by atoms with Gasteiger partial charge in [-0.05, 0) is 56.8 Å². The first-order valence-corrected chi connectivity index (χ1v) is 8.52. The molecule has 0 aromatic heterocycles. The van der Waals surface area contributed by atoms with E-state index in [1.807, 2.05) is 6.92 Å². The third kappa shape index (κ3) is 3.66. The van der Waals surface area contributed by atoms with Gasteiger partial charge < -0.3 is 15.0 Å². The second-order valence-electron chi connectivity index (χ2n) is 6.83. The molecular weight excluding hydrogens is 295 g/mol. The predicted molar refractivity (Wildman–Crippen MR) is 88.2 cm³/mol. The summed E-state index contributed by atoms with van der Waals surface area (Å²) < 4.78 is 19.1. The van der Waals surface area contributed by atoms with E-state index in [2.05, 4.69) is 12.2 Å². The van der Waals surface area contributed by atoms with Crippen LogP contribution in [0.15, 0.2) is 18.2 Å². The van der Waals surface area contributed by atoms with Crippen molar-refractivity contribution in [3.8, 4) is 5.75 Å². The lowest BCUT2D eigenvalue weighted by atomic mass is 9.85. The molecule has 2 heterocycles. The van der Waals surface area contributed by atoms with Crippen LogP contribution in [0.3, 0.4) is 0 Å². The number of halogens is 1.